The van der Waals surface area contributed by atoms with Crippen LogP contribution in [-0.2, 0) is 10.1 Å². The quantitative estimate of drug-likeness (QED) is 0.665. The normalized spacial score (nSPS) is 18.7. The highest BCUT2D eigenvalue weighted by atomic mass is 32.2. The lowest BCUT2D eigenvalue weighted by Gasteiger charge is -2.35. The Morgan fingerprint density at radius 2 is 1.64 bits per heavy atom. The van der Waals surface area contributed by atoms with Gasteiger partial charge in [0, 0.05) is 11.2 Å². The first kappa shape index (κ1) is 16.9. The summed E-state index contributed by atoms with van der Waals surface area (Å²) in [5, 5.41) is 3.35. The van der Waals surface area contributed by atoms with Crippen molar-refractivity contribution in [3.63, 3.8) is 0 Å². The van der Waals surface area contributed by atoms with Crippen LogP contribution in [0.15, 0.2) is 24.3 Å². The molecule has 1 aromatic carbocycles. The number of halogens is 3. The number of benzene rings is 1. The summed E-state index contributed by atoms with van der Waals surface area (Å²) < 4.78 is 62.6. The van der Waals surface area contributed by atoms with Gasteiger partial charge in [0.2, 0.25) is 0 Å². The monoisotopic (exact) mass is 337 g/mol. The Labute approximate surface area is 127 Å². The van der Waals surface area contributed by atoms with E-state index in [0.29, 0.717) is 0 Å². The molecule has 0 aliphatic heterocycles. The van der Waals surface area contributed by atoms with E-state index in [-0.39, 0.29) is 11.3 Å². The Bertz CT molecular complexity index is 605. The molecule has 124 valence electrons. The number of hydrogen-bond acceptors (Lipinski definition) is 4. The molecule has 0 heterocycles. The van der Waals surface area contributed by atoms with Crippen LogP contribution in [0.5, 0.6) is 5.75 Å². The molecule has 8 heteroatoms. The fourth-order valence-electron chi connectivity index (χ4n) is 2.57. The lowest BCUT2D eigenvalue weighted by molar-refractivity contribution is -0.0500. The topological polar surface area (TPSA) is 55.4 Å². The molecule has 1 N–H and O–H groups in total. The van der Waals surface area contributed by atoms with Crippen molar-refractivity contribution in [2.45, 2.75) is 50.1 Å². The van der Waals surface area contributed by atoms with Gasteiger partial charge in [-0.05, 0) is 44.0 Å². The average molecular weight is 337 g/mol. The first-order valence-electron chi connectivity index (χ1n) is 7.00. The highest BCUT2D eigenvalue weighted by molar-refractivity contribution is 7.87. The van der Waals surface area contributed by atoms with Gasteiger partial charge in [0.25, 0.3) is 0 Å². The molecule has 0 saturated heterocycles. The third-order valence-corrected chi connectivity index (χ3v) is 4.73. The smallest absolute Gasteiger partial charge is 0.380 e. The molecule has 0 amide bonds. The van der Waals surface area contributed by atoms with Crippen LogP contribution in [0, 0.1) is 0 Å². The molecule has 22 heavy (non-hydrogen) atoms. The van der Waals surface area contributed by atoms with Gasteiger partial charge in [-0.25, -0.2) is 0 Å². The summed E-state index contributed by atoms with van der Waals surface area (Å²) >= 11 is 0. The Morgan fingerprint density at radius 3 is 2.14 bits per heavy atom. The minimum Gasteiger partial charge on any atom is -0.380 e. The lowest BCUT2D eigenvalue weighted by Crippen LogP contribution is -2.36. The molecule has 0 spiro atoms. The molecule has 0 unspecified atom stereocenters. The summed E-state index contributed by atoms with van der Waals surface area (Å²) in [5.74, 6) is -0.364. The van der Waals surface area contributed by atoms with Gasteiger partial charge in [-0.3, -0.25) is 0 Å². The zero-order valence-corrected chi connectivity index (χ0v) is 12.9. The molecule has 2 rings (SSSR count). The van der Waals surface area contributed by atoms with Gasteiger partial charge in [0.05, 0.1) is 0 Å². The van der Waals surface area contributed by atoms with Gasteiger partial charge in [-0.2, -0.15) is 21.6 Å². The Kier molecular flexibility index (Phi) is 4.60. The van der Waals surface area contributed by atoms with Crippen molar-refractivity contribution < 1.29 is 25.8 Å². The van der Waals surface area contributed by atoms with E-state index in [1.54, 1.807) is 0 Å². The second-order valence-corrected chi connectivity index (χ2v) is 7.29. The van der Waals surface area contributed by atoms with Gasteiger partial charge in [0.15, 0.2) is 0 Å². The summed E-state index contributed by atoms with van der Waals surface area (Å²) in [4.78, 5) is 0. The number of nitrogens with one attached hydrogen (secondary N) is 1. The fraction of sp³-hybridized carbons (Fsp3) is 0.571. The summed E-state index contributed by atoms with van der Waals surface area (Å²) in [6.45, 7) is 2.10. The van der Waals surface area contributed by atoms with Crippen LogP contribution in [0.3, 0.4) is 0 Å². The van der Waals surface area contributed by atoms with Crippen molar-refractivity contribution in [3.8, 4) is 5.75 Å². The molecule has 0 atom stereocenters. The zero-order chi connectivity index (χ0) is 16.4. The maximum atomic E-state index is 12.2. The maximum Gasteiger partial charge on any atom is 0.534 e. The van der Waals surface area contributed by atoms with Gasteiger partial charge in [-0.1, -0.05) is 19.3 Å². The lowest BCUT2D eigenvalue weighted by atomic mass is 9.83. The van der Waals surface area contributed by atoms with E-state index in [1.165, 1.54) is 30.7 Å². The minimum atomic E-state index is -5.62. The van der Waals surface area contributed by atoms with Crippen molar-refractivity contribution in [1.82, 2.24) is 0 Å². The average Bonchev–Trinajstić information content (AvgIpc) is 2.40. The Hall–Kier alpha value is -1.44. The van der Waals surface area contributed by atoms with Crippen molar-refractivity contribution in [2.24, 2.45) is 0 Å². The minimum absolute atomic E-state index is 0.0430. The fourth-order valence-corrected chi connectivity index (χ4v) is 3.03. The molecule has 1 aliphatic carbocycles. The number of hydrogen-bond donors (Lipinski definition) is 1. The predicted octanol–water partition coefficient (Wildman–Crippen LogP) is 4.05. The van der Waals surface area contributed by atoms with Crippen LogP contribution in [0.2, 0.25) is 0 Å². The molecule has 4 nitrogen and oxygen atoms in total. The Balaban J connectivity index is 2.05. The van der Waals surface area contributed by atoms with Crippen LogP contribution in [0.25, 0.3) is 0 Å². The van der Waals surface area contributed by atoms with Crippen molar-refractivity contribution >= 4 is 15.8 Å². The van der Waals surface area contributed by atoms with E-state index in [0.717, 1.165) is 31.4 Å². The van der Waals surface area contributed by atoms with E-state index in [1.807, 2.05) is 0 Å². The van der Waals surface area contributed by atoms with Crippen LogP contribution < -0.4 is 9.50 Å². The first-order valence-corrected chi connectivity index (χ1v) is 8.41. The standard InChI is InChI=1S/C14H18F3NO3S/c1-13(9-3-2-4-10-13)18-11-5-7-12(8-6-11)21-22(19,20)14(15,16)17/h5-8,18H,2-4,9-10H2,1H3. The van der Waals surface area contributed by atoms with Gasteiger partial charge < -0.3 is 9.50 Å². The molecule has 1 saturated carbocycles. The summed E-state index contributed by atoms with van der Waals surface area (Å²) in [6, 6.07) is 5.44. The SMILES string of the molecule is CC1(Nc2ccc(OS(=O)(=O)C(F)(F)F)cc2)CCCCC1. The largest absolute Gasteiger partial charge is 0.534 e. The van der Waals surface area contributed by atoms with E-state index in [2.05, 4.69) is 16.4 Å². The van der Waals surface area contributed by atoms with Gasteiger partial charge in [-0.15, -0.1) is 0 Å². The molecule has 1 fully saturated rings. The number of rotatable bonds is 4. The van der Waals surface area contributed by atoms with Crippen LogP contribution in [0.1, 0.15) is 39.0 Å². The predicted molar refractivity (Wildman–Crippen MR) is 77.2 cm³/mol. The highest BCUT2D eigenvalue weighted by Gasteiger charge is 2.48. The number of anilines is 1. The third-order valence-electron chi connectivity index (χ3n) is 3.75. The molecule has 0 aromatic heterocycles. The molecule has 0 radical (unpaired) electrons. The summed E-state index contributed by atoms with van der Waals surface area (Å²) in [7, 11) is -5.62. The maximum absolute atomic E-state index is 12.2. The van der Waals surface area contributed by atoms with E-state index in [9.17, 15) is 21.6 Å². The number of alkyl halides is 3. The molecule has 1 aromatic rings. The first-order chi connectivity index (χ1) is 10.1. The molecular formula is C14H18F3NO3S. The van der Waals surface area contributed by atoms with Crippen LogP contribution in [0.4, 0.5) is 18.9 Å². The summed E-state index contributed by atoms with van der Waals surface area (Å²) in [5.41, 5.74) is -4.75. The van der Waals surface area contributed by atoms with E-state index < -0.39 is 15.6 Å². The van der Waals surface area contributed by atoms with Crippen molar-refractivity contribution in [2.75, 3.05) is 5.32 Å². The van der Waals surface area contributed by atoms with Crippen molar-refractivity contribution in [3.05, 3.63) is 24.3 Å². The summed E-state index contributed by atoms with van der Waals surface area (Å²) in [6.07, 6.45) is 5.52. The molecular weight excluding hydrogens is 319 g/mol. The Morgan fingerprint density at radius 1 is 1.09 bits per heavy atom. The van der Waals surface area contributed by atoms with E-state index in [4.69, 9.17) is 0 Å². The van der Waals surface area contributed by atoms with Gasteiger partial charge >= 0.3 is 15.6 Å². The molecule has 0 bridgehead atoms. The second kappa shape index (κ2) is 5.98. The van der Waals surface area contributed by atoms with Crippen molar-refractivity contribution in [1.29, 1.82) is 0 Å². The highest BCUT2D eigenvalue weighted by Crippen LogP contribution is 2.32. The van der Waals surface area contributed by atoms with E-state index >= 15 is 0 Å². The van der Waals surface area contributed by atoms with Crippen LogP contribution in [-0.4, -0.2) is 19.5 Å². The third kappa shape index (κ3) is 4.06. The van der Waals surface area contributed by atoms with Crippen LogP contribution >= 0.6 is 0 Å². The van der Waals surface area contributed by atoms with Gasteiger partial charge in [0.1, 0.15) is 5.75 Å². The second-order valence-electron chi connectivity index (χ2n) is 5.75. The zero-order valence-electron chi connectivity index (χ0n) is 12.1. The molecule has 1 aliphatic rings.